The molecule has 0 aromatic carbocycles. The quantitative estimate of drug-likeness (QED) is 0.549. The largest absolute Gasteiger partial charge is 0.478 e. The maximum atomic E-state index is 9.55. The molecule has 2 aliphatic rings. The Morgan fingerprint density at radius 2 is 2.04 bits per heavy atom. The van der Waals surface area contributed by atoms with E-state index < -0.39 is 11.9 Å². The molecular weight excluding hydrogens is 418 g/mol. The van der Waals surface area contributed by atoms with E-state index in [1.54, 1.807) is 0 Å². The summed E-state index contributed by atoms with van der Waals surface area (Å²) in [4.78, 5) is 26.0. The van der Waals surface area contributed by atoms with Gasteiger partial charge < -0.3 is 25.6 Å². The first-order chi connectivity index (χ1) is 12.9. The highest BCUT2D eigenvalue weighted by Crippen LogP contribution is 2.50. The van der Waals surface area contributed by atoms with Crippen LogP contribution in [0.25, 0.3) is 0 Å². The zero-order chi connectivity index (χ0) is 20.0. The molecule has 148 valence electrons. The summed E-state index contributed by atoms with van der Waals surface area (Å²) in [6, 6.07) is 3.42. The van der Waals surface area contributed by atoms with Gasteiger partial charge in [0.15, 0.2) is 0 Å². The van der Waals surface area contributed by atoms with Crippen molar-refractivity contribution in [1.82, 2.24) is 4.98 Å². The highest BCUT2D eigenvalue weighted by Gasteiger charge is 2.51. The van der Waals surface area contributed by atoms with Crippen LogP contribution in [-0.2, 0) is 9.59 Å². The van der Waals surface area contributed by atoms with Crippen LogP contribution in [0, 0.1) is 5.92 Å². The number of carboxylic acids is 2. The fourth-order valence-electron chi connectivity index (χ4n) is 3.35. The van der Waals surface area contributed by atoms with Gasteiger partial charge in [-0.1, -0.05) is 0 Å². The molecule has 3 unspecified atom stereocenters. The average molecular weight is 442 g/mol. The number of fused-ring (bicyclic) bond motifs is 1. The molecule has 1 aromatic heterocycles. The summed E-state index contributed by atoms with van der Waals surface area (Å²) in [5, 5.41) is 15.6. The lowest BCUT2D eigenvalue weighted by Crippen LogP contribution is -2.34. The molecule has 2 heterocycles. The number of rotatable bonds is 7. The number of ether oxygens (including phenoxy) is 1. The predicted molar refractivity (Wildman–Crippen MR) is 104 cm³/mol. The summed E-state index contributed by atoms with van der Waals surface area (Å²) in [7, 11) is 0. The second kappa shape index (κ2) is 9.70. The fourth-order valence-corrected chi connectivity index (χ4v) is 3.80. The maximum absolute atomic E-state index is 9.55. The number of nitrogens with zero attached hydrogens (tertiary/aromatic N) is 2. The van der Waals surface area contributed by atoms with Gasteiger partial charge in [0.05, 0.1) is 23.0 Å². The van der Waals surface area contributed by atoms with Crippen LogP contribution in [0.15, 0.2) is 28.9 Å². The van der Waals surface area contributed by atoms with Crippen molar-refractivity contribution in [2.75, 3.05) is 18.1 Å². The van der Waals surface area contributed by atoms with Crippen molar-refractivity contribution in [1.29, 1.82) is 0 Å². The van der Waals surface area contributed by atoms with Crippen LogP contribution < -0.4 is 15.4 Å². The van der Waals surface area contributed by atoms with Gasteiger partial charge in [0.25, 0.3) is 0 Å². The van der Waals surface area contributed by atoms with E-state index in [1.807, 2.05) is 13.1 Å². The Bertz CT molecular complexity index is 696. The number of piperidine rings is 1. The van der Waals surface area contributed by atoms with Crippen molar-refractivity contribution < 1.29 is 24.5 Å². The van der Waals surface area contributed by atoms with Gasteiger partial charge in [-0.25, -0.2) is 14.6 Å². The third-order valence-electron chi connectivity index (χ3n) is 4.45. The molecule has 27 heavy (non-hydrogen) atoms. The van der Waals surface area contributed by atoms with Gasteiger partial charge in [-0.2, -0.15) is 0 Å². The molecule has 2 fully saturated rings. The van der Waals surface area contributed by atoms with Crippen LogP contribution in [0.4, 0.5) is 5.69 Å². The van der Waals surface area contributed by atoms with Gasteiger partial charge in [0, 0.05) is 24.2 Å². The molecule has 1 aliphatic heterocycles. The summed E-state index contributed by atoms with van der Waals surface area (Å²) >= 11 is 3.55. The molecule has 1 aliphatic carbocycles. The minimum absolute atomic E-state index is 0.558. The summed E-state index contributed by atoms with van der Waals surface area (Å²) < 4.78 is 6.40. The van der Waals surface area contributed by atoms with E-state index in [4.69, 9.17) is 20.7 Å². The zero-order valence-electron chi connectivity index (χ0n) is 15.0. The Hall–Kier alpha value is -2.13. The number of hydrogen-bond acceptors (Lipinski definition) is 6. The number of anilines is 1. The van der Waals surface area contributed by atoms with E-state index in [9.17, 15) is 9.59 Å². The Labute approximate surface area is 166 Å². The van der Waals surface area contributed by atoms with Crippen molar-refractivity contribution in [2.24, 2.45) is 11.7 Å². The van der Waals surface area contributed by atoms with Crippen molar-refractivity contribution in [3.8, 4) is 5.88 Å². The third-order valence-corrected chi connectivity index (χ3v) is 5.02. The molecule has 8 nitrogen and oxygen atoms in total. The second-order valence-corrected chi connectivity index (χ2v) is 7.21. The Morgan fingerprint density at radius 3 is 2.56 bits per heavy atom. The number of halogens is 1. The fraction of sp³-hybridized carbons (Fsp3) is 0.500. The first-order valence-corrected chi connectivity index (χ1v) is 9.57. The average Bonchev–Trinajstić information content (AvgIpc) is 3.27. The van der Waals surface area contributed by atoms with E-state index in [0.717, 1.165) is 23.4 Å². The van der Waals surface area contributed by atoms with Crippen LogP contribution in [-0.4, -0.2) is 52.4 Å². The molecule has 1 saturated carbocycles. The lowest BCUT2D eigenvalue weighted by Gasteiger charge is -2.29. The van der Waals surface area contributed by atoms with Gasteiger partial charge in [-0.3, -0.25) is 0 Å². The Kier molecular flexibility index (Phi) is 7.61. The second-order valence-electron chi connectivity index (χ2n) is 6.36. The first-order valence-electron chi connectivity index (χ1n) is 8.78. The smallest absolute Gasteiger partial charge is 0.328 e. The third kappa shape index (κ3) is 5.93. The molecule has 1 saturated heterocycles. The SMILES string of the molecule is CCOc1ncc(N2C(CCN)CC3CC32)cc1Br.O=C(O)C=CC(=O)O. The molecule has 4 N–H and O–H groups in total. The number of aliphatic carboxylic acids is 2. The van der Waals surface area contributed by atoms with Crippen molar-refractivity contribution in [3.63, 3.8) is 0 Å². The van der Waals surface area contributed by atoms with Crippen LogP contribution in [0.3, 0.4) is 0 Å². The number of hydrogen-bond donors (Lipinski definition) is 3. The molecule has 0 radical (unpaired) electrons. The molecule has 0 bridgehead atoms. The summed E-state index contributed by atoms with van der Waals surface area (Å²) in [5.41, 5.74) is 6.92. The van der Waals surface area contributed by atoms with Crippen molar-refractivity contribution in [3.05, 3.63) is 28.9 Å². The van der Waals surface area contributed by atoms with Gasteiger partial charge in [-0.15, -0.1) is 0 Å². The highest BCUT2D eigenvalue weighted by molar-refractivity contribution is 9.10. The molecule has 9 heteroatoms. The van der Waals surface area contributed by atoms with Crippen LogP contribution >= 0.6 is 15.9 Å². The molecule has 0 amide bonds. The zero-order valence-corrected chi connectivity index (χ0v) is 16.6. The predicted octanol–water partition coefficient (Wildman–Crippen LogP) is 2.27. The number of nitrogens with two attached hydrogens (primary N) is 1. The molecule has 3 rings (SSSR count). The molecular formula is C18H24BrN3O5. The van der Waals surface area contributed by atoms with Gasteiger partial charge in [0.2, 0.25) is 5.88 Å². The van der Waals surface area contributed by atoms with Crippen LogP contribution in [0.5, 0.6) is 5.88 Å². The van der Waals surface area contributed by atoms with E-state index in [2.05, 4.69) is 31.9 Å². The molecule has 1 aromatic rings. The Balaban J connectivity index is 0.000000279. The van der Waals surface area contributed by atoms with E-state index >= 15 is 0 Å². The number of aromatic nitrogens is 1. The van der Waals surface area contributed by atoms with Gasteiger partial charge in [-0.05, 0) is 60.6 Å². The Morgan fingerprint density at radius 1 is 1.37 bits per heavy atom. The van der Waals surface area contributed by atoms with E-state index in [0.29, 0.717) is 36.7 Å². The van der Waals surface area contributed by atoms with Crippen molar-refractivity contribution in [2.45, 2.75) is 38.3 Å². The van der Waals surface area contributed by atoms with Gasteiger partial charge >= 0.3 is 11.9 Å². The van der Waals surface area contributed by atoms with E-state index in [-0.39, 0.29) is 0 Å². The maximum Gasteiger partial charge on any atom is 0.328 e. The lowest BCUT2D eigenvalue weighted by atomic mass is 10.1. The summed E-state index contributed by atoms with van der Waals surface area (Å²) in [6.07, 6.45) is 6.72. The van der Waals surface area contributed by atoms with Crippen LogP contribution in [0.1, 0.15) is 26.2 Å². The van der Waals surface area contributed by atoms with E-state index in [1.165, 1.54) is 18.5 Å². The first kappa shape index (κ1) is 21.2. The standard InChI is InChI=1S/C14H20BrN3O.C4H4O4/c1-2-19-14-12(15)7-11(8-17-14)18-10(3-4-16)5-9-6-13(9)18;5-3(6)1-2-4(7)8/h7-10,13H,2-6,16H2,1H3;1-2H,(H,5,6)(H,7,8). The summed E-state index contributed by atoms with van der Waals surface area (Å²) in [6.45, 7) is 3.36. The molecule has 0 spiro atoms. The monoisotopic (exact) mass is 441 g/mol. The summed E-state index contributed by atoms with van der Waals surface area (Å²) in [5.74, 6) is -0.963. The van der Waals surface area contributed by atoms with Gasteiger partial charge in [0.1, 0.15) is 0 Å². The topological polar surface area (TPSA) is 126 Å². The molecule has 3 atom stereocenters. The number of pyridine rings is 1. The minimum Gasteiger partial charge on any atom is -0.478 e. The lowest BCUT2D eigenvalue weighted by molar-refractivity contribution is -0.134. The van der Waals surface area contributed by atoms with Crippen LogP contribution in [0.2, 0.25) is 0 Å². The number of carboxylic acid groups (broad SMARTS) is 2. The number of carbonyl (C=O) groups is 2. The minimum atomic E-state index is -1.26. The highest BCUT2D eigenvalue weighted by atomic mass is 79.9. The normalized spacial score (nSPS) is 22.8. The van der Waals surface area contributed by atoms with Crippen molar-refractivity contribution >= 4 is 33.6 Å².